The Balaban J connectivity index is 3.66. The number of carbonyl (C=O) groups is 2. The standard InChI is InChI=1S/C14H27NO5/c1-4-5-13(17)19-11-7-12(2)20-14(18)6-8-15(3)9-10-16/h12,16H,4-11H2,1-3H3. The lowest BCUT2D eigenvalue weighted by atomic mass is 10.3. The molecule has 6 nitrogen and oxygen atoms in total. The number of ether oxygens (including phenoxy) is 2. The van der Waals surface area contributed by atoms with Crippen molar-refractivity contribution in [2.75, 3.05) is 33.4 Å². The van der Waals surface area contributed by atoms with Gasteiger partial charge in [-0.25, -0.2) is 0 Å². The monoisotopic (exact) mass is 289 g/mol. The van der Waals surface area contributed by atoms with Crippen LogP contribution in [0, 0.1) is 0 Å². The molecule has 6 heteroatoms. The van der Waals surface area contributed by atoms with Crippen LogP contribution >= 0.6 is 0 Å². The summed E-state index contributed by atoms with van der Waals surface area (Å²) in [5, 5.41) is 8.73. The van der Waals surface area contributed by atoms with Crippen LogP contribution in [0.2, 0.25) is 0 Å². The third-order valence-corrected chi connectivity index (χ3v) is 2.75. The minimum absolute atomic E-state index is 0.0745. The van der Waals surface area contributed by atoms with E-state index in [2.05, 4.69) is 0 Å². The second-order valence-corrected chi connectivity index (χ2v) is 4.84. The third-order valence-electron chi connectivity index (χ3n) is 2.75. The second-order valence-electron chi connectivity index (χ2n) is 4.84. The molecule has 0 aromatic heterocycles. The first-order valence-electron chi connectivity index (χ1n) is 7.14. The lowest BCUT2D eigenvalue weighted by Gasteiger charge is -2.16. The maximum absolute atomic E-state index is 11.5. The Bertz CT molecular complexity index is 283. The van der Waals surface area contributed by atoms with Crippen molar-refractivity contribution in [2.45, 2.75) is 45.6 Å². The van der Waals surface area contributed by atoms with Gasteiger partial charge in [0.25, 0.3) is 0 Å². The Morgan fingerprint density at radius 3 is 2.50 bits per heavy atom. The Labute approximate surface area is 121 Å². The third kappa shape index (κ3) is 10.8. The van der Waals surface area contributed by atoms with Gasteiger partial charge in [0.15, 0.2) is 0 Å². The second kappa shape index (κ2) is 11.7. The molecule has 20 heavy (non-hydrogen) atoms. The van der Waals surface area contributed by atoms with Crippen molar-refractivity contribution in [3.05, 3.63) is 0 Å². The summed E-state index contributed by atoms with van der Waals surface area (Å²) in [4.78, 5) is 24.5. The fourth-order valence-corrected chi connectivity index (χ4v) is 1.52. The molecule has 0 amide bonds. The average Bonchev–Trinajstić information content (AvgIpc) is 2.37. The zero-order valence-electron chi connectivity index (χ0n) is 12.8. The van der Waals surface area contributed by atoms with Crippen LogP contribution < -0.4 is 0 Å². The number of rotatable bonds is 11. The average molecular weight is 289 g/mol. The van der Waals surface area contributed by atoms with E-state index in [0.29, 0.717) is 25.9 Å². The van der Waals surface area contributed by atoms with Gasteiger partial charge in [-0.05, 0) is 20.4 Å². The van der Waals surface area contributed by atoms with E-state index >= 15 is 0 Å². The van der Waals surface area contributed by atoms with Gasteiger partial charge in [-0.1, -0.05) is 6.92 Å². The lowest BCUT2D eigenvalue weighted by molar-refractivity contribution is -0.150. The summed E-state index contributed by atoms with van der Waals surface area (Å²) in [6, 6.07) is 0. The van der Waals surface area contributed by atoms with E-state index in [1.807, 2.05) is 18.9 Å². The number of hydrogen-bond donors (Lipinski definition) is 1. The van der Waals surface area contributed by atoms with Crippen molar-refractivity contribution in [2.24, 2.45) is 0 Å². The van der Waals surface area contributed by atoms with Gasteiger partial charge in [0.05, 0.1) is 19.6 Å². The molecule has 0 saturated carbocycles. The SMILES string of the molecule is CCCC(=O)OCCC(C)OC(=O)CCN(C)CCO. The van der Waals surface area contributed by atoms with E-state index in [1.165, 1.54) is 0 Å². The first kappa shape index (κ1) is 18.9. The molecule has 0 radical (unpaired) electrons. The maximum atomic E-state index is 11.5. The van der Waals surface area contributed by atoms with Crippen LogP contribution in [-0.2, 0) is 19.1 Å². The highest BCUT2D eigenvalue weighted by Crippen LogP contribution is 2.02. The van der Waals surface area contributed by atoms with Gasteiger partial charge in [-0.15, -0.1) is 0 Å². The fraction of sp³-hybridized carbons (Fsp3) is 0.857. The van der Waals surface area contributed by atoms with Gasteiger partial charge in [-0.3, -0.25) is 9.59 Å². The molecule has 0 aliphatic heterocycles. The number of nitrogens with zero attached hydrogens (tertiary/aromatic N) is 1. The van der Waals surface area contributed by atoms with Gasteiger partial charge in [-0.2, -0.15) is 0 Å². The Morgan fingerprint density at radius 2 is 1.90 bits per heavy atom. The van der Waals surface area contributed by atoms with Crippen LogP contribution in [-0.4, -0.2) is 61.4 Å². The zero-order chi connectivity index (χ0) is 15.4. The van der Waals surface area contributed by atoms with Gasteiger partial charge >= 0.3 is 11.9 Å². The smallest absolute Gasteiger partial charge is 0.307 e. The van der Waals surface area contributed by atoms with Crippen LogP contribution in [0.25, 0.3) is 0 Å². The molecule has 0 aromatic carbocycles. The van der Waals surface area contributed by atoms with Crippen LogP contribution in [0.4, 0.5) is 0 Å². The van der Waals surface area contributed by atoms with Crippen molar-refractivity contribution >= 4 is 11.9 Å². The Hall–Kier alpha value is -1.14. The normalized spacial score (nSPS) is 12.2. The molecule has 0 aliphatic rings. The van der Waals surface area contributed by atoms with E-state index < -0.39 is 0 Å². The molecule has 0 aliphatic carbocycles. The largest absolute Gasteiger partial charge is 0.466 e. The van der Waals surface area contributed by atoms with Crippen molar-refractivity contribution in [3.8, 4) is 0 Å². The van der Waals surface area contributed by atoms with Crippen LogP contribution in [0.15, 0.2) is 0 Å². The summed E-state index contributed by atoms with van der Waals surface area (Å²) in [6.45, 7) is 5.14. The minimum Gasteiger partial charge on any atom is -0.466 e. The van der Waals surface area contributed by atoms with E-state index in [9.17, 15) is 9.59 Å². The van der Waals surface area contributed by atoms with Crippen LogP contribution in [0.1, 0.15) is 39.5 Å². The molecule has 0 heterocycles. The van der Waals surface area contributed by atoms with E-state index in [4.69, 9.17) is 14.6 Å². The molecule has 1 unspecified atom stereocenters. The summed E-state index contributed by atoms with van der Waals surface area (Å²) in [7, 11) is 1.83. The molecule has 0 bridgehead atoms. The van der Waals surface area contributed by atoms with Gasteiger partial charge < -0.3 is 19.5 Å². The molecule has 0 saturated heterocycles. The molecular formula is C14H27NO5. The number of aliphatic hydroxyl groups is 1. The molecule has 0 fully saturated rings. The first-order valence-corrected chi connectivity index (χ1v) is 7.14. The van der Waals surface area contributed by atoms with E-state index in [1.54, 1.807) is 6.92 Å². The highest BCUT2D eigenvalue weighted by Gasteiger charge is 2.11. The van der Waals surface area contributed by atoms with Crippen molar-refractivity contribution in [1.82, 2.24) is 4.90 Å². The summed E-state index contributed by atoms with van der Waals surface area (Å²) in [6.07, 6.45) is 1.72. The predicted molar refractivity (Wildman–Crippen MR) is 75.2 cm³/mol. The van der Waals surface area contributed by atoms with Gasteiger partial charge in [0.2, 0.25) is 0 Å². The lowest BCUT2D eigenvalue weighted by Crippen LogP contribution is -2.26. The van der Waals surface area contributed by atoms with Gasteiger partial charge in [0.1, 0.15) is 6.10 Å². The number of esters is 2. The molecule has 0 aromatic rings. The molecular weight excluding hydrogens is 262 g/mol. The van der Waals surface area contributed by atoms with Gasteiger partial charge in [0, 0.05) is 25.9 Å². The summed E-state index contributed by atoms with van der Waals surface area (Å²) < 4.78 is 10.2. The van der Waals surface area contributed by atoms with Crippen LogP contribution in [0.3, 0.4) is 0 Å². The quantitative estimate of drug-likeness (QED) is 0.571. The summed E-state index contributed by atoms with van der Waals surface area (Å²) in [5.74, 6) is -0.487. The van der Waals surface area contributed by atoms with E-state index in [-0.39, 0.29) is 37.7 Å². The summed E-state index contributed by atoms with van der Waals surface area (Å²) >= 11 is 0. The Morgan fingerprint density at radius 1 is 1.20 bits per heavy atom. The molecule has 0 spiro atoms. The number of hydrogen-bond acceptors (Lipinski definition) is 6. The molecule has 1 atom stereocenters. The summed E-state index contributed by atoms with van der Waals surface area (Å²) in [5.41, 5.74) is 0. The van der Waals surface area contributed by atoms with E-state index in [0.717, 1.165) is 6.42 Å². The highest BCUT2D eigenvalue weighted by molar-refractivity contribution is 5.70. The highest BCUT2D eigenvalue weighted by atomic mass is 16.6. The van der Waals surface area contributed by atoms with Crippen LogP contribution in [0.5, 0.6) is 0 Å². The molecule has 1 N–H and O–H groups in total. The number of aliphatic hydroxyl groups excluding tert-OH is 1. The minimum atomic E-state index is -0.276. The van der Waals surface area contributed by atoms with Crippen molar-refractivity contribution in [3.63, 3.8) is 0 Å². The molecule has 0 rings (SSSR count). The first-order chi connectivity index (χ1) is 9.49. The van der Waals surface area contributed by atoms with Crippen molar-refractivity contribution < 1.29 is 24.2 Å². The fourth-order valence-electron chi connectivity index (χ4n) is 1.52. The predicted octanol–water partition coefficient (Wildman–Crippen LogP) is 0.966. The molecule has 118 valence electrons. The number of carbonyl (C=O) groups excluding carboxylic acids is 2. The zero-order valence-corrected chi connectivity index (χ0v) is 12.8. The maximum Gasteiger partial charge on any atom is 0.307 e. The Kier molecular flexibility index (Phi) is 11.0. The van der Waals surface area contributed by atoms with Crippen molar-refractivity contribution in [1.29, 1.82) is 0 Å². The number of likely N-dealkylation sites (N-methyl/N-ethyl adjacent to an activating group) is 1. The topological polar surface area (TPSA) is 76.1 Å².